The number of pyridine rings is 1. The number of rotatable bonds is 8. The van der Waals surface area contributed by atoms with Crippen molar-refractivity contribution in [3.05, 3.63) is 57.5 Å². The predicted octanol–water partition coefficient (Wildman–Crippen LogP) is 6.11. The summed E-state index contributed by atoms with van der Waals surface area (Å²) in [5, 5.41) is 9.36. The maximum atomic E-state index is 15.2. The number of nitrogens with zero attached hydrogens (tertiary/aromatic N) is 3. The van der Waals surface area contributed by atoms with E-state index in [1.807, 2.05) is 13.8 Å². The highest BCUT2D eigenvalue weighted by Crippen LogP contribution is 2.44. The molecule has 3 fully saturated rings. The second kappa shape index (κ2) is 10.8. The molecule has 2 aliphatic carbocycles. The largest absolute Gasteiger partial charge is 0.474 e. The van der Waals surface area contributed by atoms with Gasteiger partial charge in [-0.1, -0.05) is 25.4 Å². The van der Waals surface area contributed by atoms with E-state index in [1.165, 1.54) is 12.1 Å². The van der Waals surface area contributed by atoms with Crippen LogP contribution < -0.4 is 4.74 Å². The maximum Gasteiger partial charge on any atom is 0.418 e. The van der Waals surface area contributed by atoms with E-state index in [0.717, 1.165) is 36.2 Å². The van der Waals surface area contributed by atoms with Crippen molar-refractivity contribution in [2.24, 2.45) is 5.41 Å². The molecule has 2 unspecified atom stereocenters. The first-order valence-corrected chi connectivity index (χ1v) is 14.7. The van der Waals surface area contributed by atoms with Crippen molar-refractivity contribution in [1.82, 2.24) is 14.4 Å². The highest BCUT2D eigenvalue weighted by Gasteiger charge is 2.40. The second-order valence-electron chi connectivity index (χ2n) is 11.5. The number of amides is 1. The van der Waals surface area contributed by atoms with E-state index in [2.05, 4.69) is 9.88 Å². The number of hydrogen-bond acceptors (Lipinski definition) is 6. The quantitative estimate of drug-likeness (QED) is 0.223. The van der Waals surface area contributed by atoms with Crippen molar-refractivity contribution in [2.75, 3.05) is 13.1 Å². The fraction of sp³-hybridized carbons (Fsp3) is 0.556. The summed E-state index contributed by atoms with van der Waals surface area (Å²) in [6.07, 6.45) is -0.511. The van der Waals surface area contributed by atoms with Crippen LogP contribution in [0.15, 0.2) is 24.4 Å². The van der Waals surface area contributed by atoms with Crippen LogP contribution in [-0.2, 0) is 23.7 Å². The molecular formula is C27H30ClF4N3O4S. The van der Waals surface area contributed by atoms with Gasteiger partial charge in [-0.25, -0.2) is 13.6 Å². The van der Waals surface area contributed by atoms with Gasteiger partial charge in [0, 0.05) is 31.1 Å². The van der Waals surface area contributed by atoms with Gasteiger partial charge in [0.05, 0.1) is 27.6 Å². The van der Waals surface area contributed by atoms with Crippen molar-refractivity contribution < 1.29 is 36.5 Å². The zero-order valence-corrected chi connectivity index (χ0v) is 23.6. The molecule has 3 aliphatic rings. The Labute approximate surface area is 237 Å². The van der Waals surface area contributed by atoms with Gasteiger partial charge in [-0.2, -0.15) is 13.2 Å². The number of benzene rings is 1. The molecule has 40 heavy (non-hydrogen) atoms. The van der Waals surface area contributed by atoms with Crippen LogP contribution in [0.2, 0.25) is 5.02 Å². The molecule has 1 saturated heterocycles. The standard InChI is InChI=1S/C27H30ClF4N3O4S/c1-26(2)14-34(8-7-23(26)39-24-11-20(27(30,31)32)21(28)12-33-24)13-16-9-22(29)19(10-18(16)15-3-4-15)25(36)35(37)40(38)17-5-6-17/h9-12,15,17,23,37H,3-8,13-14H2,1-2H3. The monoisotopic (exact) mass is 603 g/mol. The van der Waals surface area contributed by atoms with Crippen LogP contribution in [0.25, 0.3) is 0 Å². The van der Waals surface area contributed by atoms with Gasteiger partial charge in [0.2, 0.25) is 5.88 Å². The lowest BCUT2D eigenvalue weighted by atomic mass is 9.80. The summed E-state index contributed by atoms with van der Waals surface area (Å²) in [7, 11) is -1.91. The highest BCUT2D eigenvalue weighted by atomic mass is 35.5. The number of carbonyl (C=O) groups excluding carboxylic acids is 1. The number of ether oxygens (including phenoxy) is 1. The topological polar surface area (TPSA) is 83.0 Å². The summed E-state index contributed by atoms with van der Waals surface area (Å²) in [6, 6.07) is 3.61. The molecule has 0 spiro atoms. The van der Waals surface area contributed by atoms with Gasteiger partial charge in [-0.15, -0.1) is 4.47 Å². The highest BCUT2D eigenvalue weighted by molar-refractivity contribution is 7.84. The summed E-state index contributed by atoms with van der Waals surface area (Å²) in [6.45, 7) is 5.37. The molecule has 2 aromatic rings. The number of aromatic nitrogens is 1. The van der Waals surface area contributed by atoms with E-state index in [9.17, 15) is 27.4 Å². The van der Waals surface area contributed by atoms with E-state index in [0.29, 0.717) is 38.9 Å². The summed E-state index contributed by atoms with van der Waals surface area (Å²) < 4.78 is 73.3. The fourth-order valence-corrected chi connectivity index (χ4v) is 6.49. The average molecular weight is 604 g/mol. The Bertz CT molecular complexity index is 1330. The molecule has 5 rings (SSSR count). The Hall–Kier alpha value is -2.28. The first-order chi connectivity index (χ1) is 18.7. The second-order valence-corrected chi connectivity index (χ2v) is 13.4. The predicted molar refractivity (Wildman–Crippen MR) is 140 cm³/mol. The van der Waals surface area contributed by atoms with Crippen LogP contribution in [0.5, 0.6) is 5.88 Å². The molecule has 2 atom stereocenters. The van der Waals surface area contributed by atoms with Gasteiger partial charge in [-0.05, 0) is 61.3 Å². The number of piperidine rings is 1. The normalized spacial score (nSPS) is 22.1. The molecular weight excluding hydrogens is 574 g/mol. The van der Waals surface area contributed by atoms with Crippen molar-refractivity contribution in [1.29, 1.82) is 0 Å². The lowest BCUT2D eigenvalue weighted by Gasteiger charge is -2.44. The van der Waals surface area contributed by atoms with Crippen LogP contribution in [0.3, 0.4) is 0 Å². The summed E-state index contributed by atoms with van der Waals surface area (Å²) in [4.78, 5) is 18.8. The first-order valence-electron chi connectivity index (χ1n) is 13.1. The Morgan fingerprint density at radius 3 is 2.52 bits per heavy atom. The maximum absolute atomic E-state index is 15.2. The van der Waals surface area contributed by atoms with E-state index in [1.54, 1.807) is 0 Å². The summed E-state index contributed by atoms with van der Waals surface area (Å²) >= 11 is 5.68. The molecule has 13 heteroatoms. The molecule has 2 saturated carbocycles. The minimum atomic E-state index is -4.63. The number of alkyl halides is 3. The van der Waals surface area contributed by atoms with Crippen molar-refractivity contribution >= 4 is 28.5 Å². The number of carbonyl (C=O) groups is 1. The lowest BCUT2D eigenvalue weighted by Crippen LogP contribution is -2.50. The fourth-order valence-electron chi connectivity index (χ4n) is 5.19. The number of halogens is 5. The lowest BCUT2D eigenvalue weighted by molar-refractivity contribution is -0.137. The Balaban J connectivity index is 1.29. The van der Waals surface area contributed by atoms with Crippen molar-refractivity contribution in [2.45, 2.75) is 75.9 Å². The number of likely N-dealkylation sites (tertiary alicyclic amines) is 1. The number of hydroxylamine groups is 1. The Morgan fingerprint density at radius 1 is 1.23 bits per heavy atom. The average Bonchev–Trinajstić information content (AvgIpc) is 3.78. The van der Waals surface area contributed by atoms with Gasteiger partial charge in [-0.3, -0.25) is 14.9 Å². The Morgan fingerprint density at radius 2 is 1.93 bits per heavy atom. The molecule has 1 N–H and O–H groups in total. The molecule has 0 bridgehead atoms. The SMILES string of the molecule is CC1(C)CN(Cc2cc(F)c(C(=O)N(O)S(=O)C3CC3)cc2C2CC2)CCC1Oc1cc(C(F)(F)F)c(Cl)cn1. The van der Waals surface area contributed by atoms with Crippen molar-refractivity contribution in [3.63, 3.8) is 0 Å². The number of hydrogen-bond donors (Lipinski definition) is 1. The molecule has 1 aromatic carbocycles. The molecule has 0 radical (unpaired) electrons. The van der Waals surface area contributed by atoms with Crippen LogP contribution in [0, 0.1) is 11.2 Å². The van der Waals surface area contributed by atoms with E-state index >= 15 is 4.39 Å². The van der Waals surface area contributed by atoms with E-state index < -0.39 is 51.0 Å². The van der Waals surface area contributed by atoms with Crippen molar-refractivity contribution in [3.8, 4) is 5.88 Å². The third-order valence-electron chi connectivity index (χ3n) is 7.63. The zero-order chi connectivity index (χ0) is 29.0. The Kier molecular flexibility index (Phi) is 7.92. The van der Waals surface area contributed by atoms with Gasteiger partial charge < -0.3 is 4.74 Å². The summed E-state index contributed by atoms with van der Waals surface area (Å²) in [5.41, 5.74) is -0.223. The van der Waals surface area contributed by atoms with E-state index in [-0.39, 0.29) is 27.1 Å². The molecule has 218 valence electrons. The third-order valence-corrected chi connectivity index (χ3v) is 9.48. The van der Waals surface area contributed by atoms with Crippen LogP contribution in [0.4, 0.5) is 17.6 Å². The molecule has 1 aliphatic heterocycles. The first kappa shape index (κ1) is 29.2. The molecule has 1 aromatic heterocycles. The zero-order valence-electron chi connectivity index (χ0n) is 22.0. The van der Waals surface area contributed by atoms with Crippen LogP contribution in [-0.4, -0.2) is 54.1 Å². The van der Waals surface area contributed by atoms with E-state index in [4.69, 9.17) is 16.3 Å². The van der Waals surface area contributed by atoms with Gasteiger partial charge >= 0.3 is 6.18 Å². The molecule has 1 amide bonds. The molecule has 7 nitrogen and oxygen atoms in total. The van der Waals surface area contributed by atoms with Gasteiger partial charge in [0.1, 0.15) is 22.9 Å². The molecule has 2 heterocycles. The third kappa shape index (κ3) is 6.29. The van der Waals surface area contributed by atoms with Crippen LogP contribution >= 0.6 is 11.6 Å². The smallest absolute Gasteiger partial charge is 0.418 e. The van der Waals surface area contributed by atoms with Gasteiger partial charge in [0.25, 0.3) is 5.91 Å². The summed E-state index contributed by atoms with van der Waals surface area (Å²) in [5.74, 6) is -1.78. The van der Waals surface area contributed by atoms with Crippen LogP contribution in [0.1, 0.15) is 78.9 Å². The van der Waals surface area contributed by atoms with Gasteiger partial charge in [0.15, 0.2) is 0 Å². The minimum absolute atomic E-state index is 0.146. The minimum Gasteiger partial charge on any atom is -0.474 e.